The molecular formula is C20H25Cl2N3O3. The number of halogens is 2. The number of nitrogens with one attached hydrogen (secondary N) is 2. The van der Waals surface area contributed by atoms with Crippen LogP contribution >= 0.6 is 24.0 Å². The smallest absolute Gasteiger partial charge is 0.287 e. The first-order chi connectivity index (χ1) is 13.0. The number of amides is 2. The molecule has 0 atom stereocenters. The molecule has 0 aliphatic heterocycles. The fraction of sp³-hybridized carbons (Fsp3) is 0.400. The molecule has 1 fully saturated rings. The molecule has 28 heavy (non-hydrogen) atoms. The normalized spacial score (nSPS) is 21.4. The van der Waals surface area contributed by atoms with Crippen molar-refractivity contribution in [3.8, 4) is 0 Å². The molecule has 0 unspecified atom stereocenters. The van der Waals surface area contributed by atoms with Gasteiger partial charge in [-0.1, -0.05) is 23.7 Å². The minimum Gasteiger partial charge on any atom is -0.459 e. The van der Waals surface area contributed by atoms with Gasteiger partial charge < -0.3 is 20.8 Å². The number of nitrogens with two attached hydrogens (primary N) is 1. The Balaban J connectivity index is 0.00000280. The predicted octanol–water partition coefficient (Wildman–Crippen LogP) is 3.04. The summed E-state index contributed by atoms with van der Waals surface area (Å²) in [7, 11) is 0. The van der Waals surface area contributed by atoms with Gasteiger partial charge in [-0.3, -0.25) is 9.59 Å². The van der Waals surface area contributed by atoms with Gasteiger partial charge in [-0.2, -0.15) is 0 Å². The van der Waals surface area contributed by atoms with Crippen LogP contribution in [-0.4, -0.2) is 30.9 Å². The summed E-state index contributed by atoms with van der Waals surface area (Å²) in [5.74, 6) is -0.417. The summed E-state index contributed by atoms with van der Waals surface area (Å²) in [6.45, 7) is 0.472. The third-order valence-electron chi connectivity index (χ3n) is 5.29. The molecule has 8 heteroatoms. The zero-order chi connectivity index (χ0) is 19.3. The van der Waals surface area contributed by atoms with Crippen molar-refractivity contribution in [1.29, 1.82) is 0 Å². The maximum absolute atomic E-state index is 12.1. The van der Waals surface area contributed by atoms with Crippen LogP contribution in [0.3, 0.4) is 0 Å². The summed E-state index contributed by atoms with van der Waals surface area (Å²) >= 11 is 6.14. The Bertz CT molecular complexity index is 788. The summed E-state index contributed by atoms with van der Waals surface area (Å²) in [6.07, 6.45) is 4.85. The number of carbonyl (C=O) groups is 2. The average molecular weight is 426 g/mol. The van der Waals surface area contributed by atoms with E-state index in [0.29, 0.717) is 11.6 Å². The molecular weight excluding hydrogens is 401 g/mol. The fourth-order valence-corrected chi connectivity index (χ4v) is 3.87. The first-order valence-electron chi connectivity index (χ1n) is 9.09. The van der Waals surface area contributed by atoms with Gasteiger partial charge in [-0.25, -0.2) is 0 Å². The molecule has 0 bridgehead atoms. The Morgan fingerprint density at radius 2 is 1.96 bits per heavy atom. The lowest BCUT2D eigenvalue weighted by Gasteiger charge is -2.40. The molecule has 152 valence electrons. The van der Waals surface area contributed by atoms with E-state index in [4.69, 9.17) is 21.8 Å². The largest absolute Gasteiger partial charge is 0.459 e. The Morgan fingerprint density at radius 3 is 2.57 bits per heavy atom. The first-order valence-corrected chi connectivity index (χ1v) is 9.47. The summed E-state index contributed by atoms with van der Waals surface area (Å²) in [4.78, 5) is 23.9. The standard InChI is InChI=1S/C20H24ClN3O3.ClH/c21-15-4-1-3-14(11-15)20(13-22)8-6-16(7-9-20)24-18(25)12-23-19(26)17-5-2-10-27-17;/h1-5,10-11,16H,6-9,12-13,22H2,(H,23,26)(H,24,25);1H/t16-,20+;. The van der Waals surface area contributed by atoms with Crippen LogP contribution in [0.15, 0.2) is 47.1 Å². The van der Waals surface area contributed by atoms with Gasteiger partial charge >= 0.3 is 0 Å². The molecule has 1 aromatic heterocycles. The summed E-state index contributed by atoms with van der Waals surface area (Å²) < 4.78 is 5.00. The molecule has 1 aliphatic carbocycles. The van der Waals surface area contributed by atoms with Gasteiger partial charge in [0.1, 0.15) is 0 Å². The first kappa shape index (κ1) is 22.3. The maximum Gasteiger partial charge on any atom is 0.287 e. The van der Waals surface area contributed by atoms with Crippen LogP contribution < -0.4 is 16.4 Å². The van der Waals surface area contributed by atoms with E-state index in [-0.39, 0.29) is 42.1 Å². The van der Waals surface area contributed by atoms with Crippen molar-refractivity contribution >= 4 is 35.8 Å². The Labute approximate surface area is 175 Å². The summed E-state index contributed by atoms with van der Waals surface area (Å²) in [5.41, 5.74) is 7.17. The minimum absolute atomic E-state index is 0. The lowest BCUT2D eigenvalue weighted by Crippen LogP contribution is -2.47. The van der Waals surface area contributed by atoms with E-state index < -0.39 is 5.91 Å². The number of carbonyl (C=O) groups excluding carboxylic acids is 2. The van der Waals surface area contributed by atoms with Crippen molar-refractivity contribution in [1.82, 2.24) is 10.6 Å². The van der Waals surface area contributed by atoms with Crippen molar-refractivity contribution in [2.45, 2.75) is 37.1 Å². The number of furan rings is 1. The number of rotatable bonds is 6. The van der Waals surface area contributed by atoms with E-state index in [9.17, 15) is 9.59 Å². The van der Waals surface area contributed by atoms with Crippen molar-refractivity contribution in [2.24, 2.45) is 5.73 Å². The highest BCUT2D eigenvalue weighted by Crippen LogP contribution is 2.39. The predicted molar refractivity (Wildman–Crippen MR) is 111 cm³/mol. The fourth-order valence-electron chi connectivity index (χ4n) is 3.68. The molecule has 3 rings (SSSR count). The van der Waals surface area contributed by atoms with Crippen molar-refractivity contribution in [2.75, 3.05) is 13.1 Å². The minimum atomic E-state index is -0.401. The molecule has 0 radical (unpaired) electrons. The molecule has 2 aromatic rings. The lowest BCUT2D eigenvalue weighted by atomic mass is 9.68. The van der Waals surface area contributed by atoms with Crippen LogP contribution in [0.25, 0.3) is 0 Å². The van der Waals surface area contributed by atoms with E-state index in [0.717, 1.165) is 31.2 Å². The van der Waals surface area contributed by atoms with Gasteiger partial charge in [0, 0.05) is 23.0 Å². The second kappa shape index (κ2) is 9.96. The van der Waals surface area contributed by atoms with Crippen LogP contribution in [0.5, 0.6) is 0 Å². The van der Waals surface area contributed by atoms with Crippen LogP contribution in [0.2, 0.25) is 5.02 Å². The van der Waals surface area contributed by atoms with E-state index in [2.05, 4.69) is 16.7 Å². The molecule has 1 heterocycles. The SMILES string of the molecule is Cl.NC[C@]1(c2cccc(Cl)c2)CC[C@@H](NC(=O)CNC(=O)c2ccco2)CC1. The van der Waals surface area contributed by atoms with E-state index in [1.165, 1.54) is 6.26 Å². The molecule has 1 aromatic carbocycles. The summed E-state index contributed by atoms with van der Waals surface area (Å²) in [5, 5.41) is 6.26. The third-order valence-corrected chi connectivity index (χ3v) is 5.53. The maximum atomic E-state index is 12.1. The molecule has 2 amide bonds. The van der Waals surface area contributed by atoms with Gasteiger partial charge in [0.15, 0.2) is 5.76 Å². The number of hydrogen-bond acceptors (Lipinski definition) is 4. The Kier molecular flexibility index (Phi) is 7.92. The van der Waals surface area contributed by atoms with Crippen molar-refractivity contribution in [3.05, 3.63) is 59.0 Å². The van der Waals surface area contributed by atoms with Crippen LogP contribution in [0.1, 0.15) is 41.8 Å². The van der Waals surface area contributed by atoms with Gasteiger partial charge in [0.2, 0.25) is 5.91 Å². The molecule has 1 saturated carbocycles. The quantitative estimate of drug-likeness (QED) is 0.662. The van der Waals surface area contributed by atoms with Gasteiger partial charge in [-0.15, -0.1) is 12.4 Å². The average Bonchev–Trinajstić information content (AvgIpc) is 3.22. The van der Waals surface area contributed by atoms with Gasteiger partial charge in [0.05, 0.1) is 12.8 Å². The highest BCUT2D eigenvalue weighted by molar-refractivity contribution is 6.30. The van der Waals surface area contributed by atoms with E-state index >= 15 is 0 Å². The third kappa shape index (κ3) is 5.28. The monoisotopic (exact) mass is 425 g/mol. The van der Waals surface area contributed by atoms with Gasteiger partial charge in [0.25, 0.3) is 5.91 Å². The zero-order valence-corrected chi connectivity index (χ0v) is 17.0. The Hall–Kier alpha value is -2.02. The van der Waals surface area contributed by atoms with E-state index in [1.807, 2.05) is 18.2 Å². The topological polar surface area (TPSA) is 97.4 Å². The Morgan fingerprint density at radius 1 is 1.21 bits per heavy atom. The van der Waals surface area contributed by atoms with Gasteiger partial charge in [-0.05, 0) is 55.5 Å². The molecule has 0 saturated heterocycles. The molecule has 4 N–H and O–H groups in total. The summed E-state index contributed by atoms with van der Waals surface area (Å²) in [6, 6.07) is 11.1. The second-order valence-corrected chi connectivity index (χ2v) is 7.43. The zero-order valence-electron chi connectivity index (χ0n) is 15.4. The lowest BCUT2D eigenvalue weighted by molar-refractivity contribution is -0.121. The van der Waals surface area contributed by atoms with Crippen molar-refractivity contribution in [3.63, 3.8) is 0 Å². The molecule has 6 nitrogen and oxygen atoms in total. The number of benzene rings is 1. The molecule has 1 aliphatic rings. The van der Waals surface area contributed by atoms with Crippen LogP contribution in [-0.2, 0) is 10.2 Å². The second-order valence-electron chi connectivity index (χ2n) is 7.00. The van der Waals surface area contributed by atoms with Crippen LogP contribution in [0, 0.1) is 0 Å². The number of hydrogen-bond donors (Lipinski definition) is 3. The van der Waals surface area contributed by atoms with Crippen LogP contribution in [0.4, 0.5) is 0 Å². The molecule has 0 spiro atoms. The van der Waals surface area contributed by atoms with Crippen molar-refractivity contribution < 1.29 is 14.0 Å². The van der Waals surface area contributed by atoms with E-state index in [1.54, 1.807) is 12.1 Å². The highest BCUT2D eigenvalue weighted by atomic mass is 35.5. The highest BCUT2D eigenvalue weighted by Gasteiger charge is 2.36.